The van der Waals surface area contributed by atoms with Gasteiger partial charge in [0.15, 0.2) is 11.6 Å². The molecule has 6 nitrogen and oxygen atoms in total. The standard InChI is InChI=1S/C21H25N3O3/c1-26-17-11-9-15(10-12-17)19-18(20(23-27-19)24-13-5-6-14-24)21(25)22-16-7-3-2-4-8-16/h3,7,9-12,16H,2,4-6,8,13-14H2,1H3,(H,22,25). The lowest BCUT2D eigenvalue weighted by Crippen LogP contribution is -2.35. The van der Waals surface area contributed by atoms with Crippen LogP contribution in [0.25, 0.3) is 11.3 Å². The fraction of sp³-hybridized carbons (Fsp3) is 0.429. The van der Waals surface area contributed by atoms with E-state index in [0.29, 0.717) is 17.1 Å². The van der Waals surface area contributed by atoms with Crippen molar-refractivity contribution in [2.24, 2.45) is 0 Å². The lowest BCUT2D eigenvalue weighted by Gasteiger charge is -2.20. The smallest absolute Gasteiger partial charge is 0.259 e. The number of allylic oxidation sites excluding steroid dienone is 1. The lowest BCUT2D eigenvalue weighted by molar-refractivity contribution is 0.0942. The Morgan fingerprint density at radius 3 is 2.67 bits per heavy atom. The first-order chi connectivity index (χ1) is 13.3. The van der Waals surface area contributed by atoms with E-state index in [-0.39, 0.29) is 11.9 Å². The van der Waals surface area contributed by atoms with Crippen molar-refractivity contribution in [3.63, 3.8) is 0 Å². The number of rotatable bonds is 5. The molecule has 0 radical (unpaired) electrons. The van der Waals surface area contributed by atoms with Gasteiger partial charge in [-0.3, -0.25) is 4.79 Å². The van der Waals surface area contributed by atoms with Crippen LogP contribution in [0.15, 0.2) is 40.9 Å². The molecule has 1 fully saturated rings. The predicted octanol–water partition coefficient (Wildman–Crippen LogP) is 3.79. The second-order valence-corrected chi connectivity index (χ2v) is 7.07. The molecule has 0 saturated carbocycles. The van der Waals surface area contributed by atoms with Crippen molar-refractivity contribution in [3.8, 4) is 17.1 Å². The Morgan fingerprint density at radius 1 is 1.22 bits per heavy atom. The van der Waals surface area contributed by atoms with Gasteiger partial charge in [-0.25, -0.2) is 0 Å². The molecule has 1 amide bonds. The highest BCUT2D eigenvalue weighted by Gasteiger charge is 2.30. The van der Waals surface area contributed by atoms with Gasteiger partial charge in [-0.1, -0.05) is 17.3 Å². The summed E-state index contributed by atoms with van der Waals surface area (Å²) in [6.45, 7) is 1.80. The summed E-state index contributed by atoms with van der Waals surface area (Å²) in [5, 5.41) is 7.41. The molecule has 2 aromatic rings. The molecule has 1 aliphatic heterocycles. The number of ether oxygens (including phenoxy) is 1. The molecule has 2 heterocycles. The minimum Gasteiger partial charge on any atom is -0.497 e. The highest BCUT2D eigenvalue weighted by molar-refractivity contribution is 6.04. The number of aromatic nitrogens is 1. The van der Waals surface area contributed by atoms with Crippen LogP contribution in [-0.2, 0) is 0 Å². The van der Waals surface area contributed by atoms with Crippen LogP contribution < -0.4 is 15.0 Å². The Bertz CT molecular complexity index is 820. The van der Waals surface area contributed by atoms with E-state index in [9.17, 15) is 4.79 Å². The fourth-order valence-corrected chi connectivity index (χ4v) is 3.74. The zero-order valence-electron chi connectivity index (χ0n) is 15.6. The van der Waals surface area contributed by atoms with Crippen molar-refractivity contribution in [2.45, 2.75) is 38.1 Å². The van der Waals surface area contributed by atoms with Gasteiger partial charge in [0.2, 0.25) is 0 Å². The van der Waals surface area contributed by atoms with Crippen molar-refractivity contribution in [2.75, 3.05) is 25.1 Å². The van der Waals surface area contributed by atoms with Crippen LogP contribution in [0.4, 0.5) is 5.82 Å². The Morgan fingerprint density at radius 2 is 2.00 bits per heavy atom. The summed E-state index contributed by atoms with van der Waals surface area (Å²) in [5.41, 5.74) is 1.35. The average molecular weight is 367 g/mol. The molecule has 1 saturated heterocycles. The quantitative estimate of drug-likeness (QED) is 0.815. The van der Waals surface area contributed by atoms with Gasteiger partial charge < -0.3 is 19.5 Å². The molecule has 1 N–H and O–H groups in total. The Kier molecular flexibility index (Phi) is 5.14. The van der Waals surface area contributed by atoms with E-state index in [1.165, 1.54) is 0 Å². The zero-order valence-corrected chi connectivity index (χ0v) is 15.6. The van der Waals surface area contributed by atoms with Gasteiger partial charge >= 0.3 is 0 Å². The van der Waals surface area contributed by atoms with E-state index in [0.717, 1.165) is 56.5 Å². The molecule has 1 atom stereocenters. The first kappa shape index (κ1) is 17.6. The van der Waals surface area contributed by atoms with Crippen LogP contribution in [0.5, 0.6) is 5.75 Å². The summed E-state index contributed by atoms with van der Waals surface area (Å²) >= 11 is 0. The predicted molar refractivity (Wildman–Crippen MR) is 104 cm³/mol. The minimum atomic E-state index is -0.125. The minimum absolute atomic E-state index is 0.0660. The Hall–Kier alpha value is -2.76. The molecular formula is C21H25N3O3. The Balaban J connectivity index is 1.68. The third kappa shape index (κ3) is 3.70. The number of nitrogens with zero attached hydrogens (tertiary/aromatic N) is 2. The maximum absolute atomic E-state index is 13.2. The van der Waals surface area contributed by atoms with Gasteiger partial charge in [-0.2, -0.15) is 0 Å². The second kappa shape index (κ2) is 7.86. The lowest BCUT2D eigenvalue weighted by atomic mass is 10.0. The van der Waals surface area contributed by atoms with E-state index >= 15 is 0 Å². The van der Waals surface area contributed by atoms with Gasteiger partial charge in [-0.05, 0) is 56.4 Å². The van der Waals surface area contributed by atoms with Crippen molar-refractivity contribution in [1.82, 2.24) is 10.5 Å². The van der Waals surface area contributed by atoms with Gasteiger partial charge in [0, 0.05) is 24.7 Å². The van der Waals surface area contributed by atoms with E-state index in [2.05, 4.69) is 27.5 Å². The SMILES string of the molecule is COc1ccc(-c2onc(N3CCCC3)c2C(=O)NC2C=CCCC2)cc1. The number of hydrogen-bond acceptors (Lipinski definition) is 5. The highest BCUT2D eigenvalue weighted by Crippen LogP contribution is 2.34. The topological polar surface area (TPSA) is 67.6 Å². The van der Waals surface area contributed by atoms with Crippen LogP contribution in [0.1, 0.15) is 42.5 Å². The molecule has 4 rings (SSSR count). The van der Waals surface area contributed by atoms with Crippen LogP contribution in [0, 0.1) is 0 Å². The normalized spacial score (nSPS) is 19.3. The number of carbonyl (C=O) groups excluding carboxylic acids is 1. The highest BCUT2D eigenvalue weighted by atomic mass is 16.5. The van der Waals surface area contributed by atoms with Crippen LogP contribution in [0.2, 0.25) is 0 Å². The number of hydrogen-bond donors (Lipinski definition) is 1. The summed E-state index contributed by atoms with van der Waals surface area (Å²) in [4.78, 5) is 15.3. The number of methoxy groups -OCH3 is 1. The molecule has 1 aromatic carbocycles. The van der Waals surface area contributed by atoms with Gasteiger partial charge in [0.05, 0.1) is 7.11 Å². The number of nitrogens with one attached hydrogen (secondary N) is 1. The molecule has 1 unspecified atom stereocenters. The third-order valence-electron chi connectivity index (χ3n) is 5.23. The van der Waals surface area contributed by atoms with E-state index in [1.807, 2.05) is 24.3 Å². The van der Waals surface area contributed by atoms with Crippen LogP contribution >= 0.6 is 0 Å². The molecular weight excluding hydrogens is 342 g/mol. The van der Waals surface area contributed by atoms with Crippen molar-refractivity contribution in [3.05, 3.63) is 42.0 Å². The van der Waals surface area contributed by atoms with E-state index < -0.39 is 0 Å². The summed E-state index contributed by atoms with van der Waals surface area (Å²) in [7, 11) is 1.63. The van der Waals surface area contributed by atoms with E-state index in [4.69, 9.17) is 9.26 Å². The summed E-state index contributed by atoms with van der Waals surface area (Å²) < 4.78 is 10.9. The number of amides is 1. The molecule has 1 aromatic heterocycles. The van der Waals surface area contributed by atoms with Crippen molar-refractivity contribution < 1.29 is 14.1 Å². The molecule has 142 valence electrons. The van der Waals surface area contributed by atoms with Gasteiger partial charge in [-0.15, -0.1) is 0 Å². The summed E-state index contributed by atoms with van der Waals surface area (Å²) in [6, 6.07) is 7.57. The molecule has 0 spiro atoms. The molecule has 6 heteroatoms. The first-order valence-corrected chi connectivity index (χ1v) is 9.63. The molecule has 0 bridgehead atoms. The van der Waals surface area contributed by atoms with Gasteiger partial charge in [0.1, 0.15) is 11.3 Å². The van der Waals surface area contributed by atoms with Gasteiger partial charge in [0.25, 0.3) is 5.91 Å². The number of carbonyl (C=O) groups is 1. The third-order valence-corrected chi connectivity index (χ3v) is 5.23. The fourth-order valence-electron chi connectivity index (χ4n) is 3.74. The molecule has 1 aliphatic carbocycles. The van der Waals surface area contributed by atoms with Crippen LogP contribution in [0.3, 0.4) is 0 Å². The zero-order chi connectivity index (χ0) is 18.6. The summed E-state index contributed by atoms with van der Waals surface area (Å²) in [6.07, 6.45) is 9.56. The Labute approximate surface area is 159 Å². The maximum atomic E-state index is 13.2. The second-order valence-electron chi connectivity index (χ2n) is 7.07. The van der Waals surface area contributed by atoms with Crippen molar-refractivity contribution in [1.29, 1.82) is 0 Å². The average Bonchev–Trinajstić information content (AvgIpc) is 3.38. The largest absolute Gasteiger partial charge is 0.497 e. The van der Waals surface area contributed by atoms with Crippen molar-refractivity contribution >= 4 is 11.7 Å². The molecule has 2 aliphatic rings. The van der Waals surface area contributed by atoms with Crippen LogP contribution in [-0.4, -0.2) is 37.3 Å². The van der Waals surface area contributed by atoms with E-state index in [1.54, 1.807) is 7.11 Å². The number of benzene rings is 1. The molecule has 27 heavy (non-hydrogen) atoms. The summed E-state index contributed by atoms with van der Waals surface area (Å²) in [5.74, 6) is 1.80. The number of anilines is 1. The monoisotopic (exact) mass is 367 g/mol. The first-order valence-electron chi connectivity index (χ1n) is 9.63. The maximum Gasteiger partial charge on any atom is 0.259 e.